The molecule has 0 amide bonds. The van der Waals surface area contributed by atoms with Gasteiger partial charge in [0.1, 0.15) is 16.7 Å². The molecule has 0 spiro atoms. The molecule has 1 fully saturated rings. The van der Waals surface area contributed by atoms with Crippen LogP contribution in [0.1, 0.15) is 12.8 Å². The number of fused-ring (bicyclic) bond motifs is 1. The molecule has 1 aromatic carbocycles. The Morgan fingerprint density at radius 2 is 2.10 bits per heavy atom. The molecule has 1 N–H and O–H groups in total. The summed E-state index contributed by atoms with van der Waals surface area (Å²) in [6.07, 6.45) is 4.06. The van der Waals surface area contributed by atoms with Gasteiger partial charge < -0.3 is 5.11 Å². The van der Waals surface area contributed by atoms with E-state index in [0.717, 1.165) is 41.7 Å². The molecule has 1 saturated carbocycles. The molecule has 2 aromatic heterocycles. The average molecular weight is 287 g/mol. The second-order valence-corrected chi connectivity index (χ2v) is 5.96. The zero-order chi connectivity index (χ0) is 13.6. The second-order valence-electron chi connectivity index (χ2n) is 5.43. The van der Waals surface area contributed by atoms with Gasteiger partial charge in [0, 0.05) is 11.0 Å². The Bertz CT molecular complexity index is 761. The van der Waals surface area contributed by atoms with Crippen molar-refractivity contribution < 1.29 is 5.11 Å². The highest BCUT2D eigenvalue weighted by atomic mass is 32.1. The van der Waals surface area contributed by atoms with Gasteiger partial charge in [-0.1, -0.05) is 11.3 Å². The summed E-state index contributed by atoms with van der Waals surface area (Å²) in [4.78, 5) is 0. The zero-order valence-electron chi connectivity index (χ0n) is 10.7. The van der Waals surface area contributed by atoms with E-state index in [1.54, 1.807) is 0 Å². The SMILES string of the molecule is OCC1(Cn2cc(-c3ccc4nsnc4c3)nn2)CC1. The monoisotopic (exact) mass is 287 g/mol. The summed E-state index contributed by atoms with van der Waals surface area (Å²) in [5.74, 6) is 0. The molecule has 102 valence electrons. The van der Waals surface area contributed by atoms with Crippen LogP contribution in [0.25, 0.3) is 22.3 Å². The number of nitrogens with zero attached hydrogens (tertiary/aromatic N) is 5. The van der Waals surface area contributed by atoms with E-state index in [2.05, 4.69) is 19.1 Å². The van der Waals surface area contributed by atoms with Crippen LogP contribution in [0.5, 0.6) is 0 Å². The minimum atomic E-state index is 0.0355. The molecule has 1 aliphatic carbocycles. The third-order valence-electron chi connectivity index (χ3n) is 3.88. The van der Waals surface area contributed by atoms with Crippen molar-refractivity contribution in [3.8, 4) is 11.3 Å². The lowest BCUT2D eigenvalue weighted by atomic mass is 10.1. The Morgan fingerprint density at radius 1 is 1.25 bits per heavy atom. The molecular weight excluding hydrogens is 274 g/mol. The van der Waals surface area contributed by atoms with E-state index < -0.39 is 0 Å². The average Bonchev–Trinajstić information content (AvgIpc) is 2.89. The van der Waals surface area contributed by atoms with Gasteiger partial charge in [-0.25, -0.2) is 0 Å². The summed E-state index contributed by atoms with van der Waals surface area (Å²) < 4.78 is 10.2. The molecule has 1 aliphatic rings. The Labute approximate surface area is 119 Å². The molecule has 0 aliphatic heterocycles. The van der Waals surface area contributed by atoms with Gasteiger partial charge in [-0.05, 0) is 25.0 Å². The lowest BCUT2D eigenvalue weighted by Gasteiger charge is -2.09. The Morgan fingerprint density at radius 3 is 2.90 bits per heavy atom. The fraction of sp³-hybridized carbons (Fsp3) is 0.385. The van der Waals surface area contributed by atoms with Crippen LogP contribution in [0.15, 0.2) is 24.4 Å². The molecule has 2 heterocycles. The van der Waals surface area contributed by atoms with Crippen LogP contribution >= 0.6 is 11.7 Å². The van der Waals surface area contributed by atoms with Crippen LogP contribution in [-0.4, -0.2) is 35.5 Å². The number of aromatic nitrogens is 5. The first-order valence-corrected chi connectivity index (χ1v) is 7.25. The highest BCUT2D eigenvalue weighted by Gasteiger charge is 2.42. The topological polar surface area (TPSA) is 76.7 Å². The lowest BCUT2D eigenvalue weighted by molar-refractivity contribution is 0.189. The molecule has 0 radical (unpaired) electrons. The van der Waals surface area contributed by atoms with Gasteiger partial charge in [0.15, 0.2) is 0 Å². The molecule has 0 unspecified atom stereocenters. The molecule has 0 saturated heterocycles. The molecule has 0 bridgehead atoms. The molecule has 0 atom stereocenters. The number of hydrogen-bond donors (Lipinski definition) is 1. The summed E-state index contributed by atoms with van der Waals surface area (Å²) >= 11 is 1.21. The Hall–Kier alpha value is -1.86. The van der Waals surface area contributed by atoms with Crippen molar-refractivity contribution >= 4 is 22.8 Å². The van der Waals surface area contributed by atoms with E-state index >= 15 is 0 Å². The standard InChI is InChI=1S/C13H13N5OS/c19-8-13(3-4-13)7-18-6-12(14-17-18)9-1-2-10-11(5-9)16-20-15-10/h1-2,5-6,19H,3-4,7-8H2. The molecule has 3 aromatic rings. The third kappa shape index (κ3) is 1.99. The summed E-state index contributed by atoms with van der Waals surface area (Å²) in [7, 11) is 0. The summed E-state index contributed by atoms with van der Waals surface area (Å²) in [6, 6.07) is 5.91. The summed E-state index contributed by atoms with van der Waals surface area (Å²) in [5, 5.41) is 17.7. The fourth-order valence-electron chi connectivity index (χ4n) is 2.34. The molecule has 4 rings (SSSR count). The van der Waals surface area contributed by atoms with Gasteiger partial charge in [0.2, 0.25) is 0 Å². The Kier molecular flexibility index (Phi) is 2.58. The van der Waals surface area contributed by atoms with Gasteiger partial charge >= 0.3 is 0 Å². The van der Waals surface area contributed by atoms with Crippen LogP contribution in [0.2, 0.25) is 0 Å². The maximum atomic E-state index is 9.36. The summed E-state index contributed by atoms with van der Waals surface area (Å²) in [5.41, 5.74) is 3.65. The van der Waals surface area contributed by atoms with Crippen LogP contribution in [0.4, 0.5) is 0 Å². The molecule has 6 nitrogen and oxygen atoms in total. The van der Waals surface area contributed by atoms with Gasteiger partial charge in [0.25, 0.3) is 0 Å². The van der Waals surface area contributed by atoms with Crippen molar-refractivity contribution in [2.24, 2.45) is 5.41 Å². The predicted octanol–water partition coefficient (Wildman–Crippen LogP) is 1.72. The van der Waals surface area contributed by atoms with E-state index in [4.69, 9.17) is 0 Å². The van der Waals surface area contributed by atoms with Crippen molar-refractivity contribution in [3.05, 3.63) is 24.4 Å². The maximum absolute atomic E-state index is 9.36. The van der Waals surface area contributed by atoms with E-state index in [1.165, 1.54) is 11.7 Å². The minimum absolute atomic E-state index is 0.0355. The molecule has 7 heteroatoms. The van der Waals surface area contributed by atoms with Gasteiger partial charge in [0.05, 0.1) is 31.1 Å². The van der Waals surface area contributed by atoms with Crippen molar-refractivity contribution in [1.29, 1.82) is 0 Å². The van der Waals surface area contributed by atoms with Crippen LogP contribution in [-0.2, 0) is 6.54 Å². The number of aliphatic hydroxyl groups is 1. The number of benzene rings is 1. The van der Waals surface area contributed by atoms with Gasteiger partial charge in [-0.2, -0.15) is 8.75 Å². The van der Waals surface area contributed by atoms with E-state index in [0.29, 0.717) is 0 Å². The zero-order valence-corrected chi connectivity index (χ0v) is 11.5. The van der Waals surface area contributed by atoms with Crippen LogP contribution in [0.3, 0.4) is 0 Å². The van der Waals surface area contributed by atoms with Crippen molar-refractivity contribution in [2.45, 2.75) is 19.4 Å². The largest absolute Gasteiger partial charge is 0.396 e. The predicted molar refractivity (Wildman–Crippen MR) is 75.2 cm³/mol. The quantitative estimate of drug-likeness (QED) is 0.790. The van der Waals surface area contributed by atoms with Gasteiger partial charge in [-0.15, -0.1) is 5.10 Å². The smallest absolute Gasteiger partial charge is 0.113 e. The van der Waals surface area contributed by atoms with Crippen LogP contribution in [0, 0.1) is 5.41 Å². The number of rotatable bonds is 4. The second kappa shape index (κ2) is 4.32. The third-order valence-corrected chi connectivity index (χ3v) is 4.43. The fourth-order valence-corrected chi connectivity index (χ4v) is 2.85. The van der Waals surface area contributed by atoms with E-state index in [-0.39, 0.29) is 12.0 Å². The first kappa shape index (κ1) is 11.9. The highest BCUT2D eigenvalue weighted by Crippen LogP contribution is 2.46. The first-order valence-electron chi connectivity index (χ1n) is 6.52. The van der Waals surface area contributed by atoms with E-state index in [1.807, 2.05) is 29.1 Å². The number of aliphatic hydroxyl groups excluding tert-OH is 1. The maximum Gasteiger partial charge on any atom is 0.113 e. The highest BCUT2D eigenvalue weighted by molar-refractivity contribution is 7.00. The normalized spacial score (nSPS) is 16.6. The first-order chi connectivity index (χ1) is 9.78. The Balaban J connectivity index is 1.63. The molecular formula is C13H13N5OS. The minimum Gasteiger partial charge on any atom is -0.396 e. The summed E-state index contributed by atoms with van der Waals surface area (Å²) in [6.45, 7) is 0.954. The van der Waals surface area contributed by atoms with Crippen LogP contribution < -0.4 is 0 Å². The molecule has 20 heavy (non-hydrogen) atoms. The van der Waals surface area contributed by atoms with Crippen molar-refractivity contribution in [1.82, 2.24) is 23.7 Å². The number of hydrogen-bond acceptors (Lipinski definition) is 6. The van der Waals surface area contributed by atoms with E-state index in [9.17, 15) is 5.11 Å². The van der Waals surface area contributed by atoms with Crippen molar-refractivity contribution in [2.75, 3.05) is 6.61 Å². The van der Waals surface area contributed by atoms with Gasteiger partial charge in [-0.3, -0.25) is 4.68 Å². The van der Waals surface area contributed by atoms with Crippen molar-refractivity contribution in [3.63, 3.8) is 0 Å². The lowest BCUT2D eigenvalue weighted by Crippen LogP contribution is -2.16.